The number of aromatic nitrogens is 1. The number of pyridine rings is 1. The van der Waals surface area contributed by atoms with Crippen LogP contribution in [0, 0.1) is 0 Å². The zero-order chi connectivity index (χ0) is 15.3. The van der Waals surface area contributed by atoms with Gasteiger partial charge < -0.3 is 5.11 Å². The van der Waals surface area contributed by atoms with Crippen molar-refractivity contribution < 1.29 is 9.50 Å². The summed E-state index contributed by atoms with van der Waals surface area (Å²) in [6.07, 6.45) is 0.604. The Morgan fingerprint density at radius 3 is 2.29 bits per heavy atom. The quantitative estimate of drug-likeness (QED) is 0.864. The normalized spacial score (nSPS) is 13.1. The largest absolute Gasteiger partial charge is 0.382 e. The predicted molar refractivity (Wildman–Crippen MR) is 83.0 cm³/mol. The third-order valence-corrected chi connectivity index (χ3v) is 4.32. The van der Waals surface area contributed by atoms with Crippen LogP contribution in [-0.2, 0) is 5.41 Å². The molecule has 1 heterocycles. The number of alkyl halides is 1. The molecule has 0 saturated carbocycles. The Kier molecular flexibility index (Phi) is 5.07. The standard InChI is InChI=1S/C18H22FNO/c1-3-18(4-2,13-19)16-12-8-11-15(20-16)17(21)14-9-6-5-7-10-14/h5-12,17,21H,3-4,13H2,1-2H3. The van der Waals surface area contributed by atoms with Crippen molar-refractivity contribution in [3.63, 3.8) is 0 Å². The van der Waals surface area contributed by atoms with Gasteiger partial charge in [0.2, 0.25) is 0 Å². The summed E-state index contributed by atoms with van der Waals surface area (Å²) in [6, 6.07) is 14.9. The summed E-state index contributed by atoms with van der Waals surface area (Å²) >= 11 is 0. The molecule has 2 rings (SSSR count). The van der Waals surface area contributed by atoms with E-state index in [9.17, 15) is 9.50 Å². The number of hydrogen-bond acceptors (Lipinski definition) is 2. The average molecular weight is 287 g/mol. The fourth-order valence-electron chi connectivity index (χ4n) is 2.57. The molecule has 0 aliphatic heterocycles. The molecular formula is C18H22FNO. The average Bonchev–Trinajstić information content (AvgIpc) is 2.57. The molecule has 21 heavy (non-hydrogen) atoms. The number of nitrogens with zero attached hydrogens (tertiary/aromatic N) is 1. The lowest BCUT2D eigenvalue weighted by Crippen LogP contribution is -2.28. The van der Waals surface area contributed by atoms with Crippen LogP contribution in [0.15, 0.2) is 48.5 Å². The van der Waals surface area contributed by atoms with Gasteiger partial charge in [0.25, 0.3) is 0 Å². The molecular weight excluding hydrogens is 265 g/mol. The minimum Gasteiger partial charge on any atom is -0.382 e. The minimum atomic E-state index is -0.780. The lowest BCUT2D eigenvalue weighted by atomic mass is 9.80. The van der Waals surface area contributed by atoms with E-state index in [1.807, 2.05) is 56.3 Å². The van der Waals surface area contributed by atoms with Gasteiger partial charge in [-0.05, 0) is 30.5 Å². The fraction of sp³-hybridized carbons (Fsp3) is 0.389. The zero-order valence-electron chi connectivity index (χ0n) is 12.6. The van der Waals surface area contributed by atoms with Crippen molar-refractivity contribution in [3.05, 3.63) is 65.5 Å². The van der Waals surface area contributed by atoms with Crippen molar-refractivity contribution >= 4 is 0 Å². The molecule has 0 spiro atoms. The van der Waals surface area contributed by atoms with Gasteiger partial charge in [0.15, 0.2) is 0 Å². The van der Waals surface area contributed by atoms with Gasteiger partial charge in [-0.15, -0.1) is 0 Å². The number of rotatable bonds is 6. The van der Waals surface area contributed by atoms with Crippen LogP contribution in [0.1, 0.15) is 49.7 Å². The van der Waals surface area contributed by atoms with E-state index in [1.165, 1.54) is 0 Å². The van der Waals surface area contributed by atoms with E-state index in [0.29, 0.717) is 18.5 Å². The van der Waals surface area contributed by atoms with Gasteiger partial charge in [-0.25, -0.2) is 0 Å². The van der Waals surface area contributed by atoms with E-state index in [-0.39, 0.29) is 0 Å². The Morgan fingerprint density at radius 1 is 1.05 bits per heavy atom. The molecule has 112 valence electrons. The van der Waals surface area contributed by atoms with E-state index in [2.05, 4.69) is 4.98 Å². The van der Waals surface area contributed by atoms with E-state index < -0.39 is 18.2 Å². The first-order valence-electron chi connectivity index (χ1n) is 7.43. The van der Waals surface area contributed by atoms with Crippen LogP contribution >= 0.6 is 0 Å². The van der Waals surface area contributed by atoms with Crippen LogP contribution in [0.3, 0.4) is 0 Å². The lowest BCUT2D eigenvalue weighted by molar-refractivity contribution is 0.213. The SMILES string of the molecule is CCC(CC)(CF)c1cccc(C(O)c2ccccc2)n1. The number of aliphatic hydroxyl groups is 1. The summed E-state index contributed by atoms with van der Waals surface area (Å²) < 4.78 is 13.6. The number of benzene rings is 1. The van der Waals surface area contributed by atoms with Gasteiger partial charge in [-0.3, -0.25) is 9.37 Å². The highest BCUT2D eigenvalue weighted by Crippen LogP contribution is 2.32. The first-order chi connectivity index (χ1) is 10.2. The minimum absolute atomic E-state index is 0.433. The van der Waals surface area contributed by atoms with E-state index in [4.69, 9.17) is 0 Å². The van der Waals surface area contributed by atoms with E-state index >= 15 is 0 Å². The third-order valence-electron chi connectivity index (χ3n) is 4.32. The molecule has 0 fully saturated rings. The highest BCUT2D eigenvalue weighted by Gasteiger charge is 2.30. The van der Waals surface area contributed by atoms with Gasteiger partial charge in [-0.1, -0.05) is 50.2 Å². The van der Waals surface area contributed by atoms with Crippen molar-refractivity contribution in [1.82, 2.24) is 4.98 Å². The topological polar surface area (TPSA) is 33.1 Å². The Morgan fingerprint density at radius 2 is 1.71 bits per heavy atom. The maximum absolute atomic E-state index is 13.6. The summed E-state index contributed by atoms with van der Waals surface area (Å²) in [6.45, 7) is 3.52. The second-order valence-corrected chi connectivity index (χ2v) is 5.38. The molecule has 1 N–H and O–H groups in total. The molecule has 0 aliphatic carbocycles. The summed E-state index contributed by atoms with van der Waals surface area (Å²) in [7, 11) is 0. The number of aliphatic hydroxyl groups excluding tert-OH is 1. The Balaban J connectivity index is 2.38. The number of halogens is 1. The highest BCUT2D eigenvalue weighted by molar-refractivity contribution is 5.28. The van der Waals surface area contributed by atoms with Crippen LogP contribution in [0.2, 0.25) is 0 Å². The molecule has 1 unspecified atom stereocenters. The fourth-order valence-corrected chi connectivity index (χ4v) is 2.57. The maximum Gasteiger partial charge on any atom is 0.121 e. The van der Waals surface area contributed by atoms with Crippen molar-refractivity contribution in [2.75, 3.05) is 6.67 Å². The van der Waals surface area contributed by atoms with Crippen molar-refractivity contribution in [2.24, 2.45) is 0 Å². The maximum atomic E-state index is 13.6. The van der Waals surface area contributed by atoms with Gasteiger partial charge in [0, 0.05) is 11.1 Å². The third kappa shape index (κ3) is 3.13. The summed E-state index contributed by atoms with van der Waals surface area (Å²) in [5.74, 6) is 0. The highest BCUT2D eigenvalue weighted by atomic mass is 19.1. The Hall–Kier alpha value is -1.74. The lowest BCUT2D eigenvalue weighted by Gasteiger charge is -2.28. The molecule has 1 aromatic heterocycles. The molecule has 0 radical (unpaired) electrons. The number of hydrogen-bond donors (Lipinski definition) is 1. The first kappa shape index (κ1) is 15.6. The molecule has 2 aromatic rings. The molecule has 0 saturated heterocycles. The van der Waals surface area contributed by atoms with Crippen molar-refractivity contribution in [3.8, 4) is 0 Å². The molecule has 1 aromatic carbocycles. The van der Waals surface area contributed by atoms with Gasteiger partial charge in [0.1, 0.15) is 12.8 Å². The second-order valence-electron chi connectivity index (χ2n) is 5.38. The summed E-state index contributed by atoms with van der Waals surface area (Å²) in [4.78, 5) is 4.54. The second kappa shape index (κ2) is 6.81. The van der Waals surface area contributed by atoms with Crippen LogP contribution in [0.4, 0.5) is 4.39 Å². The van der Waals surface area contributed by atoms with Gasteiger partial charge in [-0.2, -0.15) is 0 Å². The molecule has 0 bridgehead atoms. The molecule has 1 atom stereocenters. The summed E-state index contributed by atoms with van der Waals surface area (Å²) in [5, 5.41) is 10.4. The molecule has 3 heteroatoms. The van der Waals surface area contributed by atoms with E-state index in [0.717, 1.165) is 11.3 Å². The van der Waals surface area contributed by atoms with Crippen LogP contribution in [-0.4, -0.2) is 16.8 Å². The molecule has 2 nitrogen and oxygen atoms in total. The zero-order valence-corrected chi connectivity index (χ0v) is 12.6. The first-order valence-corrected chi connectivity index (χ1v) is 7.43. The summed E-state index contributed by atoms with van der Waals surface area (Å²) in [5.41, 5.74) is 1.54. The molecule has 0 aliphatic rings. The van der Waals surface area contributed by atoms with Crippen LogP contribution in [0.25, 0.3) is 0 Å². The molecule has 0 amide bonds. The van der Waals surface area contributed by atoms with Crippen LogP contribution < -0.4 is 0 Å². The van der Waals surface area contributed by atoms with Gasteiger partial charge in [0.05, 0.1) is 5.69 Å². The smallest absolute Gasteiger partial charge is 0.121 e. The monoisotopic (exact) mass is 287 g/mol. The van der Waals surface area contributed by atoms with Crippen LogP contribution in [0.5, 0.6) is 0 Å². The Bertz CT molecular complexity index is 558. The predicted octanol–water partition coefficient (Wildman–Crippen LogP) is 4.19. The van der Waals surface area contributed by atoms with E-state index in [1.54, 1.807) is 6.07 Å². The van der Waals surface area contributed by atoms with Crippen molar-refractivity contribution in [1.29, 1.82) is 0 Å². The van der Waals surface area contributed by atoms with Gasteiger partial charge >= 0.3 is 0 Å². The van der Waals surface area contributed by atoms with Crippen molar-refractivity contribution in [2.45, 2.75) is 38.2 Å². The Labute approximate surface area is 125 Å².